The Kier molecular flexibility index (Phi) is 8.03. The first-order valence-electron chi connectivity index (χ1n) is 12.9. The van der Waals surface area contributed by atoms with Gasteiger partial charge in [0.15, 0.2) is 0 Å². The fourth-order valence-corrected chi connectivity index (χ4v) is 5.93. The number of hydrogen-bond acceptors (Lipinski definition) is 6. The second-order valence-corrected chi connectivity index (χ2v) is 10.9. The van der Waals surface area contributed by atoms with Crippen LogP contribution in [0.5, 0.6) is 5.75 Å². The number of carbonyl (C=O) groups is 1. The van der Waals surface area contributed by atoms with E-state index in [1.54, 1.807) is 7.11 Å². The van der Waals surface area contributed by atoms with Crippen molar-refractivity contribution in [3.05, 3.63) is 77.4 Å². The highest BCUT2D eigenvalue weighted by atomic mass is 32.2. The summed E-state index contributed by atoms with van der Waals surface area (Å²) in [4.78, 5) is 17.7. The quantitative estimate of drug-likeness (QED) is 0.444. The number of hydrogen-bond donors (Lipinski definition) is 1. The zero-order valence-electron chi connectivity index (χ0n) is 21.8. The van der Waals surface area contributed by atoms with Crippen LogP contribution in [0.3, 0.4) is 0 Å². The molecule has 0 saturated carbocycles. The fourth-order valence-electron chi connectivity index (χ4n) is 4.90. The van der Waals surface area contributed by atoms with E-state index < -0.39 is 0 Å². The average molecular weight is 518 g/mol. The Labute approximate surface area is 223 Å². The maximum absolute atomic E-state index is 13.1. The van der Waals surface area contributed by atoms with Gasteiger partial charge < -0.3 is 24.6 Å². The molecule has 2 saturated heterocycles. The standard InChI is InChI=1S/C30H35N3O3S/c1-21-19-24(30-36-17-4-18-37-30)9-11-26(21)22-5-7-23(8-6-22)29(34)31-25-10-12-28(35-3)27(20-25)33-15-13-32(2)14-16-33/h5-12,19-20,30H,4,13-18H2,1-3H3,(H,31,34). The van der Waals surface area contributed by atoms with Crippen LogP contribution in [0.2, 0.25) is 0 Å². The number of nitrogens with one attached hydrogen (secondary N) is 1. The molecular weight excluding hydrogens is 482 g/mol. The van der Waals surface area contributed by atoms with E-state index in [9.17, 15) is 4.79 Å². The van der Waals surface area contributed by atoms with Gasteiger partial charge in [-0.15, -0.1) is 11.8 Å². The van der Waals surface area contributed by atoms with E-state index in [1.807, 2.05) is 54.2 Å². The smallest absolute Gasteiger partial charge is 0.255 e. The van der Waals surface area contributed by atoms with E-state index in [2.05, 4.69) is 47.3 Å². The van der Waals surface area contributed by atoms with E-state index in [0.717, 1.165) is 67.6 Å². The summed E-state index contributed by atoms with van der Waals surface area (Å²) < 4.78 is 11.5. The summed E-state index contributed by atoms with van der Waals surface area (Å²) in [6.45, 7) is 6.82. The minimum atomic E-state index is -0.125. The fraction of sp³-hybridized carbons (Fsp3) is 0.367. The third kappa shape index (κ3) is 5.95. The van der Waals surface area contributed by atoms with Crippen molar-refractivity contribution < 1.29 is 14.3 Å². The number of anilines is 2. The Bertz CT molecular complexity index is 1230. The summed E-state index contributed by atoms with van der Waals surface area (Å²) in [6.07, 6.45) is 1.12. The van der Waals surface area contributed by atoms with Crippen LogP contribution in [-0.4, -0.2) is 63.5 Å². The van der Waals surface area contributed by atoms with Crippen molar-refractivity contribution >= 4 is 29.0 Å². The van der Waals surface area contributed by atoms with E-state index in [-0.39, 0.29) is 11.3 Å². The Morgan fingerprint density at radius 3 is 2.49 bits per heavy atom. The lowest BCUT2D eigenvalue weighted by Gasteiger charge is -2.34. The van der Waals surface area contributed by atoms with Crippen LogP contribution < -0.4 is 15.0 Å². The molecule has 2 fully saturated rings. The molecule has 2 heterocycles. The number of amides is 1. The van der Waals surface area contributed by atoms with Gasteiger partial charge in [-0.05, 0) is 78.7 Å². The number of ether oxygens (including phenoxy) is 2. The molecule has 1 N–H and O–H groups in total. The summed E-state index contributed by atoms with van der Waals surface area (Å²) in [7, 11) is 3.82. The number of methoxy groups -OCH3 is 1. The van der Waals surface area contributed by atoms with Gasteiger partial charge in [-0.25, -0.2) is 0 Å². The van der Waals surface area contributed by atoms with Crippen LogP contribution in [-0.2, 0) is 4.74 Å². The van der Waals surface area contributed by atoms with Crippen LogP contribution in [0, 0.1) is 6.92 Å². The Hall–Kier alpha value is -3.00. The number of benzene rings is 3. The first-order valence-corrected chi connectivity index (χ1v) is 13.9. The van der Waals surface area contributed by atoms with Gasteiger partial charge >= 0.3 is 0 Å². The second-order valence-electron chi connectivity index (χ2n) is 9.71. The average Bonchev–Trinajstić information content (AvgIpc) is 2.94. The molecule has 1 atom stereocenters. The van der Waals surface area contributed by atoms with Gasteiger partial charge in [-0.1, -0.05) is 30.3 Å². The van der Waals surface area contributed by atoms with Gasteiger partial charge in [-0.2, -0.15) is 0 Å². The molecule has 3 aromatic rings. The number of piperazine rings is 1. The SMILES string of the molecule is COc1ccc(NC(=O)c2ccc(-c3ccc(C4OCCCS4)cc3C)cc2)cc1N1CCN(C)CC1. The number of likely N-dealkylation sites (N-methyl/N-ethyl adjacent to an activating group) is 1. The Morgan fingerprint density at radius 2 is 1.81 bits per heavy atom. The van der Waals surface area contributed by atoms with Gasteiger partial charge in [0.1, 0.15) is 11.2 Å². The van der Waals surface area contributed by atoms with Crippen LogP contribution >= 0.6 is 11.8 Å². The zero-order chi connectivity index (χ0) is 25.8. The van der Waals surface area contributed by atoms with Crippen LogP contribution in [0.4, 0.5) is 11.4 Å². The molecule has 194 valence electrons. The normalized spacial score (nSPS) is 18.5. The molecule has 2 aliphatic heterocycles. The van der Waals surface area contributed by atoms with Crippen LogP contribution in [0.25, 0.3) is 11.1 Å². The van der Waals surface area contributed by atoms with E-state index >= 15 is 0 Å². The van der Waals surface area contributed by atoms with Gasteiger partial charge in [-0.3, -0.25) is 4.79 Å². The molecule has 0 radical (unpaired) electrons. The molecule has 0 aliphatic carbocycles. The minimum Gasteiger partial charge on any atom is -0.495 e. The summed E-state index contributed by atoms with van der Waals surface area (Å²) in [5.74, 6) is 1.84. The number of thioether (sulfide) groups is 1. The predicted octanol–water partition coefficient (Wildman–Crippen LogP) is 5.83. The van der Waals surface area contributed by atoms with Crippen molar-refractivity contribution in [2.45, 2.75) is 18.8 Å². The maximum atomic E-state index is 13.1. The highest BCUT2D eigenvalue weighted by Crippen LogP contribution is 2.36. The topological polar surface area (TPSA) is 54.0 Å². The third-order valence-corrected chi connectivity index (χ3v) is 8.32. The van der Waals surface area contributed by atoms with Crippen molar-refractivity contribution in [1.29, 1.82) is 0 Å². The first kappa shape index (κ1) is 25.6. The summed E-state index contributed by atoms with van der Waals surface area (Å²) in [6, 6.07) is 20.2. The first-order chi connectivity index (χ1) is 18.0. The van der Waals surface area contributed by atoms with Crippen molar-refractivity contribution in [3.8, 4) is 16.9 Å². The van der Waals surface area contributed by atoms with Crippen molar-refractivity contribution in [2.75, 3.05) is 62.9 Å². The van der Waals surface area contributed by atoms with Crippen molar-refractivity contribution in [2.24, 2.45) is 0 Å². The highest BCUT2D eigenvalue weighted by Gasteiger charge is 2.20. The van der Waals surface area contributed by atoms with Crippen LogP contribution in [0.15, 0.2) is 60.7 Å². The van der Waals surface area contributed by atoms with Crippen molar-refractivity contribution in [3.63, 3.8) is 0 Å². The molecular formula is C30H35N3O3S. The maximum Gasteiger partial charge on any atom is 0.255 e. The second kappa shape index (κ2) is 11.6. The Morgan fingerprint density at radius 1 is 1.03 bits per heavy atom. The molecule has 37 heavy (non-hydrogen) atoms. The van der Waals surface area contributed by atoms with E-state index in [0.29, 0.717) is 5.56 Å². The summed E-state index contributed by atoms with van der Waals surface area (Å²) >= 11 is 1.87. The van der Waals surface area contributed by atoms with E-state index in [1.165, 1.54) is 16.7 Å². The lowest BCUT2D eigenvalue weighted by atomic mass is 9.97. The van der Waals surface area contributed by atoms with Crippen LogP contribution in [0.1, 0.15) is 33.3 Å². The molecule has 6 nitrogen and oxygen atoms in total. The number of aryl methyl sites for hydroxylation is 1. The number of nitrogens with zero attached hydrogens (tertiary/aromatic N) is 2. The molecule has 5 rings (SSSR count). The minimum absolute atomic E-state index is 0.125. The molecule has 0 spiro atoms. The largest absolute Gasteiger partial charge is 0.495 e. The molecule has 1 amide bonds. The van der Waals surface area contributed by atoms with Gasteiger partial charge in [0, 0.05) is 44.0 Å². The zero-order valence-corrected chi connectivity index (χ0v) is 22.6. The molecule has 0 aromatic heterocycles. The molecule has 2 aliphatic rings. The molecule has 0 bridgehead atoms. The van der Waals surface area contributed by atoms with E-state index in [4.69, 9.17) is 9.47 Å². The molecule has 1 unspecified atom stereocenters. The monoisotopic (exact) mass is 517 g/mol. The highest BCUT2D eigenvalue weighted by molar-refractivity contribution is 7.99. The molecule has 7 heteroatoms. The number of rotatable bonds is 6. The van der Waals surface area contributed by atoms with Gasteiger partial charge in [0.25, 0.3) is 5.91 Å². The summed E-state index contributed by atoms with van der Waals surface area (Å²) in [5.41, 5.74) is 7.22. The van der Waals surface area contributed by atoms with Gasteiger partial charge in [0.05, 0.1) is 12.8 Å². The Balaban J connectivity index is 1.28. The summed E-state index contributed by atoms with van der Waals surface area (Å²) in [5, 5.41) is 3.06. The predicted molar refractivity (Wildman–Crippen MR) is 153 cm³/mol. The van der Waals surface area contributed by atoms with Crippen molar-refractivity contribution in [1.82, 2.24) is 4.90 Å². The lowest BCUT2D eigenvalue weighted by Crippen LogP contribution is -2.44. The molecule has 3 aromatic carbocycles. The van der Waals surface area contributed by atoms with Gasteiger partial charge in [0.2, 0.25) is 0 Å². The number of carbonyl (C=O) groups excluding carboxylic acids is 1. The lowest BCUT2D eigenvalue weighted by molar-refractivity contribution is 0.102. The third-order valence-electron chi connectivity index (χ3n) is 7.09.